The quantitative estimate of drug-likeness (QED) is 0.627. The summed E-state index contributed by atoms with van der Waals surface area (Å²) >= 11 is 5.83. The Kier molecular flexibility index (Phi) is 5.29. The lowest BCUT2D eigenvalue weighted by Gasteiger charge is -2.08. The summed E-state index contributed by atoms with van der Waals surface area (Å²) in [5.74, 6) is 0.497. The van der Waals surface area contributed by atoms with Crippen LogP contribution in [0.2, 0.25) is 5.02 Å². The van der Waals surface area contributed by atoms with E-state index in [1.807, 2.05) is 0 Å². The number of nitrogen functional groups attached to an aromatic ring is 1. The molecule has 1 rings (SSSR count). The summed E-state index contributed by atoms with van der Waals surface area (Å²) in [5, 5.41) is 3.36. The SMILES string of the molecule is CC(C)CCCNC(=O)c1cc(Cl)ccc1N. The van der Waals surface area contributed by atoms with E-state index in [1.165, 1.54) is 0 Å². The molecule has 0 atom stereocenters. The van der Waals surface area contributed by atoms with Gasteiger partial charge >= 0.3 is 0 Å². The van der Waals surface area contributed by atoms with Crippen molar-refractivity contribution >= 4 is 23.2 Å². The van der Waals surface area contributed by atoms with E-state index in [0.29, 0.717) is 28.7 Å². The Morgan fingerprint density at radius 3 is 2.82 bits per heavy atom. The zero-order valence-electron chi connectivity index (χ0n) is 10.3. The van der Waals surface area contributed by atoms with Crippen LogP contribution in [0, 0.1) is 5.92 Å². The van der Waals surface area contributed by atoms with Crippen molar-refractivity contribution in [3.8, 4) is 0 Å². The second kappa shape index (κ2) is 6.50. The van der Waals surface area contributed by atoms with Crippen LogP contribution in [0.3, 0.4) is 0 Å². The highest BCUT2D eigenvalue weighted by Gasteiger charge is 2.09. The predicted molar refractivity (Wildman–Crippen MR) is 72.3 cm³/mol. The fraction of sp³-hybridized carbons (Fsp3) is 0.462. The summed E-state index contributed by atoms with van der Waals surface area (Å²) in [6.07, 6.45) is 2.08. The van der Waals surface area contributed by atoms with Crippen LogP contribution < -0.4 is 11.1 Å². The minimum absolute atomic E-state index is 0.159. The first kappa shape index (κ1) is 13.8. The van der Waals surface area contributed by atoms with Gasteiger partial charge in [0.2, 0.25) is 0 Å². The molecule has 0 heterocycles. The van der Waals surface area contributed by atoms with E-state index in [1.54, 1.807) is 18.2 Å². The van der Waals surface area contributed by atoms with Crippen LogP contribution in [-0.2, 0) is 0 Å². The molecule has 0 spiro atoms. The van der Waals surface area contributed by atoms with E-state index >= 15 is 0 Å². The fourth-order valence-electron chi connectivity index (χ4n) is 1.53. The Morgan fingerprint density at radius 1 is 1.47 bits per heavy atom. The molecule has 0 aliphatic carbocycles. The first-order valence-electron chi connectivity index (χ1n) is 5.84. The van der Waals surface area contributed by atoms with Crippen molar-refractivity contribution in [3.63, 3.8) is 0 Å². The summed E-state index contributed by atoms with van der Waals surface area (Å²) in [7, 11) is 0. The smallest absolute Gasteiger partial charge is 0.253 e. The molecule has 0 aromatic heterocycles. The second-order valence-electron chi connectivity index (χ2n) is 4.52. The van der Waals surface area contributed by atoms with Crippen LogP contribution in [-0.4, -0.2) is 12.5 Å². The molecule has 4 heteroatoms. The van der Waals surface area contributed by atoms with E-state index < -0.39 is 0 Å². The molecular formula is C13H19ClN2O. The number of nitrogens with one attached hydrogen (secondary N) is 1. The number of nitrogens with two attached hydrogens (primary N) is 1. The topological polar surface area (TPSA) is 55.1 Å². The highest BCUT2D eigenvalue weighted by molar-refractivity contribution is 6.31. The standard InChI is InChI=1S/C13H19ClN2O/c1-9(2)4-3-7-16-13(17)11-8-10(14)5-6-12(11)15/h5-6,8-9H,3-4,7,15H2,1-2H3,(H,16,17). The average Bonchev–Trinajstić information content (AvgIpc) is 2.27. The van der Waals surface area contributed by atoms with E-state index in [-0.39, 0.29) is 5.91 Å². The van der Waals surface area contributed by atoms with Gasteiger partial charge in [-0.1, -0.05) is 25.4 Å². The summed E-state index contributed by atoms with van der Waals surface area (Å²) in [5.41, 5.74) is 6.62. The number of anilines is 1. The lowest BCUT2D eigenvalue weighted by Crippen LogP contribution is -2.25. The summed E-state index contributed by atoms with van der Waals surface area (Å²) < 4.78 is 0. The Bertz CT molecular complexity index is 391. The zero-order chi connectivity index (χ0) is 12.8. The highest BCUT2D eigenvalue weighted by Crippen LogP contribution is 2.17. The first-order chi connectivity index (χ1) is 8.00. The molecule has 0 bridgehead atoms. The molecule has 3 nitrogen and oxygen atoms in total. The third-order valence-corrected chi connectivity index (χ3v) is 2.74. The maximum absolute atomic E-state index is 11.8. The van der Waals surface area contributed by atoms with Crippen LogP contribution in [0.5, 0.6) is 0 Å². The van der Waals surface area contributed by atoms with Crippen LogP contribution in [0.4, 0.5) is 5.69 Å². The molecular weight excluding hydrogens is 236 g/mol. The fourth-order valence-corrected chi connectivity index (χ4v) is 1.70. The van der Waals surface area contributed by atoms with Gasteiger partial charge in [-0.25, -0.2) is 0 Å². The van der Waals surface area contributed by atoms with Crippen molar-refractivity contribution in [2.45, 2.75) is 26.7 Å². The number of amides is 1. The molecule has 1 amide bonds. The normalized spacial score (nSPS) is 10.6. The second-order valence-corrected chi connectivity index (χ2v) is 4.96. The number of hydrogen-bond donors (Lipinski definition) is 2. The molecule has 0 saturated carbocycles. The van der Waals surface area contributed by atoms with Gasteiger partial charge < -0.3 is 11.1 Å². The minimum Gasteiger partial charge on any atom is -0.398 e. The number of carbonyl (C=O) groups excluding carboxylic acids is 1. The third kappa shape index (κ3) is 4.65. The summed E-state index contributed by atoms with van der Waals surface area (Å²) in [6, 6.07) is 4.91. The average molecular weight is 255 g/mol. The molecule has 3 N–H and O–H groups in total. The minimum atomic E-state index is -0.159. The summed E-state index contributed by atoms with van der Waals surface area (Å²) in [6.45, 7) is 5.00. The molecule has 94 valence electrons. The number of rotatable bonds is 5. The molecule has 17 heavy (non-hydrogen) atoms. The van der Waals surface area contributed by atoms with Crippen LogP contribution >= 0.6 is 11.6 Å². The van der Waals surface area contributed by atoms with E-state index in [4.69, 9.17) is 17.3 Å². The molecule has 0 fully saturated rings. The van der Waals surface area contributed by atoms with Crippen LogP contribution in [0.1, 0.15) is 37.0 Å². The van der Waals surface area contributed by atoms with Crippen molar-refractivity contribution in [1.82, 2.24) is 5.32 Å². The van der Waals surface area contributed by atoms with E-state index in [0.717, 1.165) is 12.8 Å². The van der Waals surface area contributed by atoms with Crippen molar-refractivity contribution < 1.29 is 4.79 Å². The van der Waals surface area contributed by atoms with Gasteiger partial charge in [-0.05, 0) is 37.0 Å². The Hall–Kier alpha value is -1.22. The number of halogens is 1. The van der Waals surface area contributed by atoms with Gasteiger partial charge in [-0.2, -0.15) is 0 Å². The van der Waals surface area contributed by atoms with Gasteiger partial charge in [0.1, 0.15) is 0 Å². The molecule has 0 saturated heterocycles. The van der Waals surface area contributed by atoms with Crippen molar-refractivity contribution in [1.29, 1.82) is 0 Å². The molecule has 0 unspecified atom stereocenters. The van der Waals surface area contributed by atoms with E-state index in [9.17, 15) is 4.79 Å². The molecule has 1 aromatic rings. The number of carbonyl (C=O) groups is 1. The summed E-state index contributed by atoms with van der Waals surface area (Å²) in [4.78, 5) is 11.8. The largest absolute Gasteiger partial charge is 0.398 e. The molecule has 1 aromatic carbocycles. The number of hydrogen-bond acceptors (Lipinski definition) is 2. The third-order valence-electron chi connectivity index (χ3n) is 2.50. The molecule has 0 aliphatic rings. The lowest BCUT2D eigenvalue weighted by molar-refractivity contribution is 0.0953. The van der Waals surface area contributed by atoms with Gasteiger partial charge in [0.15, 0.2) is 0 Å². The predicted octanol–water partition coefficient (Wildman–Crippen LogP) is 3.09. The van der Waals surface area contributed by atoms with Crippen LogP contribution in [0.25, 0.3) is 0 Å². The Morgan fingerprint density at radius 2 is 2.18 bits per heavy atom. The number of benzene rings is 1. The van der Waals surface area contributed by atoms with Gasteiger partial charge in [-0.15, -0.1) is 0 Å². The van der Waals surface area contributed by atoms with Gasteiger partial charge in [-0.3, -0.25) is 4.79 Å². The lowest BCUT2D eigenvalue weighted by atomic mass is 10.1. The Labute approximate surface area is 107 Å². The molecule has 0 radical (unpaired) electrons. The monoisotopic (exact) mass is 254 g/mol. The van der Waals surface area contributed by atoms with Crippen molar-refractivity contribution in [2.24, 2.45) is 5.92 Å². The maximum atomic E-state index is 11.8. The van der Waals surface area contributed by atoms with E-state index in [2.05, 4.69) is 19.2 Å². The zero-order valence-corrected chi connectivity index (χ0v) is 11.1. The van der Waals surface area contributed by atoms with Crippen molar-refractivity contribution in [2.75, 3.05) is 12.3 Å². The van der Waals surface area contributed by atoms with Gasteiger partial charge in [0.25, 0.3) is 5.91 Å². The Balaban J connectivity index is 2.49. The highest BCUT2D eigenvalue weighted by atomic mass is 35.5. The first-order valence-corrected chi connectivity index (χ1v) is 6.21. The molecule has 0 aliphatic heterocycles. The maximum Gasteiger partial charge on any atom is 0.253 e. The van der Waals surface area contributed by atoms with Gasteiger partial charge in [0, 0.05) is 17.3 Å². The van der Waals surface area contributed by atoms with Crippen LogP contribution in [0.15, 0.2) is 18.2 Å². The van der Waals surface area contributed by atoms with Crippen molar-refractivity contribution in [3.05, 3.63) is 28.8 Å². The van der Waals surface area contributed by atoms with Gasteiger partial charge in [0.05, 0.1) is 5.56 Å².